The van der Waals surface area contributed by atoms with E-state index in [4.69, 9.17) is 10.00 Å². The Hall–Kier alpha value is -1.53. The lowest BCUT2D eigenvalue weighted by molar-refractivity contribution is 0.291. The fourth-order valence-corrected chi connectivity index (χ4v) is 1.90. The highest BCUT2D eigenvalue weighted by atomic mass is 16.5. The van der Waals surface area contributed by atoms with E-state index in [-0.39, 0.29) is 0 Å². The number of aryl methyl sites for hydroxylation is 1. The first kappa shape index (κ1) is 13.5. The van der Waals surface area contributed by atoms with Crippen LogP contribution in [0.4, 0.5) is 0 Å². The molecule has 0 saturated carbocycles. The molecule has 0 spiro atoms. The Balaban J connectivity index is 2.83. The van der Waals surface area contributed by atoms with Gasteiger partial charge in [-0.15, -0.1) is 0 Å². The van der Waals surface area contributed by atoms with Crippen molar-refractivity contribution in [2.45, 2.75) is 26.8 Å². The van der Waals surface area contributed by atoms with Crippen molar-refractivity contribution < 1.29 is 4.74 Å². The number of methoxy groups -OCH3 is 1. The number of benzene rings is 1. The zero-order valence-corrected chi connectivity index (χ0v) is 10.9. The molecule has 1 rings (SSSR count). The third-order valence-corrected chi connectivity index (χ3v) is 2.66. The zero-order valence-electron chi connectivity index (χ0n) is 10.9. The molecule has 0 radical (unpaired) electrons. The average Bonchev–Trinajstić information content (AvgIpc) is 2.30. The van der Waals surface area contributed by atoms with Crippen molar-refractivity contribution in [3.8, 4) is 11.8 Å². The van der Waals surface area contributed by atoms with E-state index in [0.29, 0.717) is 6.54 Å². The highest BCUT2D eigenvalue weighted by Gasteiger charge is 2.09. The van der Waals surface area contributed by atoms with E-state index >= 15 is 0 Å². The van der Waals surface area contributed by atoms with Crippen molar-refractivity contribution in [1.29, 1.82) is 5.26 Å². The minimum absolute atomic E-state index is 0.463. The van der Waals surface area contributed by atoms with Crippen molar-refractivity contribution in [1.82, 2.24) is 4.90 Å². The fourth-order valence-electron chi connectivity index (χ4n) is 1.90. The molecule has 0 saturated heterocycles. The number of nitriles is 1. The molecule has 0 atom stereocenters. The summed E-state index contributed by atoms with van der Waals surface area (Å²) in [6.07, 6.45) is 1.05. The Morgan fingerprint density at radius 2 is 2.18 bits per heavy atom. The van der Waals surface area contributed by atoms with Crippen LogP contribution in [0.1, 0.15) is 24.5 Å². The van der Waals surface area contributed by atoms with Gasteiger partial charge in [0.05, 0.1) is 19.7 Å². The molecule has 1 aromatic rings. The maximum atomic E-state index is 8.80. The first-order valence-corrected chi connectivity index (χ1v) is 5.94. The molecule has 0 bridgehead atoms. The largest absolute Gasteiger partial charge is 0.496 e. The maximum Gasteiger partial charge on any atom is 0.123 e. The molecule has 0 unspecified atom stereocenters. The Kier molecular flexibility index (Phi) is 5.51. The van der Waals surface area contributed by atoms with Gasteiger partial charge in [0.15, 0.2) is 0 Å². The summed E-state index contributed by atoms with van der Waals surface area (Å²) in [7, 11) is 1.68. The van der Waals surface area contributed by atoms with Gasteiger partial charge in [-0.3, -0.25) is 4.90 Å². The Morgan fingerprint density at radius 3 is 2.76 bits per heavy atom. The van der Waals surface area contributed by atoms with E-state index in [1.165, 1.54) is 5.56 Å². The van der Waals surface area contributed by atoms with Crippen molar-refractivity contribution in [2.24, 2.45) is 0 Å². The normalized spacial score (nSPS) is 10.3. The van der Waals surface area contributed by atoms with Crippen LogP contribution in [0.25, 0.3) is 0 Å². The molecular weight excluding hydrogens is 212 g/mol. The highest BCUT2D eigenvalue weighted by molar-refractivity contribution is 5.36. The summed E-state index contributed by atoms with van der Waals surface area (Å²) < 4.78 is 5.35. The number of ether oxygens (including phenoxy) is 1. The number of hydrogen-bond donors (Lipinski definition) is 0. The van der Waals surface area contributed by atoms with Gasteiger partial charge < -0.3 is 4.74 Å². The van der Waals surface area contributed by atoms with Crippen LogP contribution in [0.2, 0.25) is 0 Å². The highest BCUT2D eigenvalue weighted by Crippen LogP contribution is 2.21. The molecule has 3 heteroatoms. The smallest absolute Gasteiger partial charge is 0.123 e. The predicted octanol–water partition coefficient (Wildman–Crippen LogP) is 2.74. The van der Waals surface area contributed by atoms with Gasteiger partial charge in [-0.2, -0.15) is 5.26 Å². The van der Waals surface area contributed by atoms with Gasteiger partial charge in [0.2, 0.25) is 0 Å². The van der Waals surface area contributed by atoms with E-state index in [9.17, 15) is 0 Å². The van der Waals surface area contributed by atoms with E-state index in [1.807, 2.05) is 12.1 Å². The third-order valence-electron chi connectivity index (χ3n) is 2.66. The second-order valence-corrected chi connectivity index (χ2v) is 4.18. The summed E-state index contributed by atoms with van der Waals surface area (Å²) in [5.41, 5.74) is 2.37. The predicted molar refractivity (Wildman–Crippen MR) is 68.9 cm³/mol. The third kappa shape index (κ3) is 4.08. The summed E-state index contributed by atoms with van der Waals surface area (Å²) >= 11 is 0. The molecule has 3 nitrogen and oxygen atoms in total. The van der Waals surface area contributed by atoms with Gasteiger partial charge in [-0.1, -0.05) is 24.6 Å². The molecule has 1 aromatic carbocycles. The van der Waals surface area contributed by atoms with Crippen LogP contribution in [-0.4, -0.2) is 25.1 Å². The number of hydrogen-bond acceptors (Lipinski definition) is 3. The molecule has 17 heavy (non-hydrogen) atoms. The second kappa shape index (κ2) is 6.93. The van der Waals surface area contributed by atoms with Gasteiger partial charge in [0.1, 0.15) is 5.75 Å². The van der Waals surface area contributed by atoms with E-state index in [1.54, 1.807) is 7.11 Å². The molecule has 0 N–H and O–H groups in total. The molecule has 0 aromatic heterocycles. The van der Waals surface area contributed by atoms with Crippen molar-refractivity contribution in [3.63, 3.8) is 0 Å². The Morgan fingerprint density at radius 1 is 1.41 bits per heavy atom. The lowest BCUT2D eigenvalue weighted by Crippen LogP contribution is -2.24. The lowest BCUT2D eigenvalue weighted by Gasteiger charge is -2.20. The van der Waals surface area contributed by atoms with Crippen LogP contribution >= 0.6 is 0 Å². The van der Waals surface area contributed by atoms with Crippen molar-refractivity contribution in [2.75, 3.05) is 20.2 Å². The summed E-state index contributed by atoms with van der Waals surface area (Å²) in [5, 5.41) is 8.80. The van der Waals surface area contributed by atoms with Crippen LogP contribution in [0, 0.1) is 18.3 Å². The maximum absolute atomic E-state index is 8.80. The summed E-state index contributed by atoms with van der Waals surface area (Å²) in [5.74, 6) is 0.898. The topological polar surface area (TPSA) is 36.3 Å². The number of nitrogens with zero attached hydrogens (tertiary/aromatic N) is 2. The monoisotopic (exact) mass is 232 g/mol. The number of rotatable bonds is 6. The van der Waals surface area contributed by atoms with Crippen molar-refractivity contribution >= 4 is 0 Å². The molecule has 0 aliphatic heterocycles. The zero-order chi connectivity index (χ0) is 12.7. The average molecular weight is 232 g/mol. The van der Waals surface area contributed by atoms with E-state index in [2.05, 4.69) is 30.9 Å². The molecule has 0 fully saturated rings. The minimum atomic E-state index is 0.463. The second-order valence-electron chi connectivity index (χ2n) is 4.18. The van der Waals surface area contributed by atoms with Crippen LogP contribution in [0.15, 0.2) is 18.2 Å². The molecular formula is C14H20N2O. The standard InChI is InChI=1S/C14H20N2O/c1-4-8-16(9-7-15)11-13-10-12(2)5-6-14(13)17-3/h5-6,10H,4,8-9,11H2,1-3H3. The van der Waals surface area contributed by atoms with Crippen LogP contribution in [0.3, 0.4) is 0 Å². The Labute approximate surface area is 104 Å². The van der Waals surface area contributed by atoms with Gasteiger partial charge in [0.25, 0.3) is 0 Å². The van der Waals surface area contributed by atoms with Gasteiger partial charge in [-0.05, 0) is 26.0 Å². The molecule has 0 amide bonds. The van der Waals surface area contributed by atoms with Crippen LogP contribution < -0.4 is 4.74 Å². The van der Waals surface area contributed by atoms with Gasteiger partial charge in [-0.25, -0.2) is 0 Å². The molecule has 0 aliphatic carbocycles. The van der Waals surface area contributed by atoms with Crippen LogP contribution in [0.5, 0.6) is 5.75 Å². The van der Waals surface area contributed by atoms with Crippen LogP contribution in [-0.2, 0) is 6.54 Å². The lowest BCUT2D eigenvalue weighted by atomic mass is 10.1. The van der Waals surface area contributed by atoms with E-state index < -0.39 is 0 Å². The Bertz CT molecular complexity index is 396. The first-order valence-electron chi connectivity index (χ1n) is 5.94. The molecule has 92 valence electrons. The fraction of sp³-hybridized carbons (Fsp3) is 0.500. The SMILES string of the molecule is CCCN(CC#N)Cc1cc(C)ccc1OC. The van der Waals surface area contributed by atoms with Gasteiger partial charge >= 0.3 is 0 Å². The quantitative estimate of drug-likeness (QED) is 0.708. The summed E-state index contributed by atoms with van der Waals surface area (Å²) in [6, 6.07) is 8.36. The summed E-state index contributed by atoms with van der Waals surface area (Å²) in [4.78, 5) is 2.14. The van der Waals surface area contributed by atoms with E-state index in [0.717, 1.165) is 30.8 Å². The van der Waals surface area contributed by atoms with Crippen molar-refractivity contribution in [3.05, 3.63) is 29.3 Å². The summed E-state index contributed by atoms with van der Waals surface area (Å²) in [6.45, 7) is 6.36. The van der Waals surface area contributed by atoms with Gasteiger partial charge in [0, 0.05) is 12.1 Å². The minimum Gasteiger partial charge on any atom is -0.496 e. The molecule has 0 aliphatic rings. The molecule has 0 heterocycles. The first-order chi connectivity index (χ1) is 8.21.